The number of amides is 5. The third-order valence-electron chi connectivity index (χ3n) is 6.85. The van der Waals surface area contributed by atoms with Gasteiger partial charge in [-0.05, 0) is 37.7 Å². The Morgan fingerprint density at radius 1 is 1.03 bits per heavy atom. The highest BCUT2D eigenvalue weighted by Gasteiger charge is 2.38. The molecule has 0 unspecified atom stereocenters. The molecule has 1 aromatic carbocycles. The lowest BCUT2D eigenvalue weighted by Gasteiger charge is -2.32. The molecule has 1 aromatic rings. The van der Waals surface area contributed by atoms with Crippen LogP contribution in [0.25, 0.3) is 0 Å². The van der Waals surface area contributed by atoms with Crippen molar-refractivity contribution < 1.29 is 24.0 Å². The maximum Gasteiger partial charge on any atom is 0.245 e. The Morgan fingerprint density at radius 3 is 2.32 bits per heavy atom. The number of benzene rings is 1. The van der Waals surface area contributed by atoms with Gasteiger partial charge < -0.3 is 25.8 Å². The van der Waals surface area contributed by atoms with Gasteiger partial charge in [0, 0.05) is 32.5 Å². The quantitative estimate of drug-likeness (QED) is 0.539. The Kier molecular flexibility index (Phi) is 9.66. The molecule has 5 amide bonds. The lowest BCUT2D eigenvalue weighted by atomic mass is 10.0. The van der Waals surface area contributed by atoms with Gasteiger partial charge in [0.25, 0.3) is 0 Å². The van der Waals surface area contributed by atoms with Crippen molar-refractivity contribution in [2.45, 2.75) is 64.6 Å². The van der Waals surface area contributed by atoms with Crippen molar-refractivity contribution in [3.63, 3.8) is 0 Å². The zero-order chi connectivity index (χ0) is 27.1. The van der Waals surface area contributed by atoms with Crippen LogP contribution in [0.15, 0.2) is 30.3 Å². The molecule has 0 radical (unpaired) electrons. The van der Waals surface area contributed by atoms with E-state index in [0.29, 0.717) is 19.4 Å². The number of rotatable bonds is 4. The lowest BCUT2D eigenvalue weighted by Crippen LogP contribution is -2.58. The molecule has 3 N–H and O–H groups in total. The molecule has 1 saturated heterocycles. The summed E-state index contributed by atoms with van der Waals surface area (Å²) in [4.78, 5) is 68.0. The van der Waals surface area contributed by atoms with Crippen LogP contribution in [0.3, 0.4) is 0 Å². The third kappa shape index (κ3) is 7.77. The van der Waals surface area contributed by atoms with Crippen molar-refractivity contribution in [3.8, 4) is 0 Å². The van der Waals surface area contributed by atoms with Crippen LogP contribution in [0.5, 0.6) is 0 Å². The SMILES string of the molecule is CC(C)[C@@H]1NC(=O)[C@@H](C)N(C(=O)C2CC2)CCCNC(=O)[C@H](Cc2ccccc2)NC(=O)CN(C)C1=O. The smallest absolute Gasteiger partial charge is 0.245 e. The van der Waals surface area contributed by atoms with E-state index in [0.717, 1.165) is 18.4 Å². The second kappa shape index (κ2) is 12.7. The van der Waals surface area contributed by atoms with Gasteiger partial charge in [0.2, 0.25) is 29.5 Å². The van der Waals surface area contributed by atoms with Gasteiger partial charge in [-0.3, -0.25) is 24.0 Å². The molecule has 202 valence electrons. The van der Waals surface area contributed by atoms with Gasteiger partial charge in [-0.15, -0.1) is 0 Å². The molecule has 37 heavy (non-hydrogen) atoms. The van der Waals surface area contributed by atoms with Crippen molar-refractivity contribution in [2.24, 2.45) is 11.8 Å². The average molecular weight is 514 g/mol. The molecular formula is C27H39N5O5. The number of hydrogen-bond donors (Lipinski definition) is 3. The summed E-state index contributed by atoms with van der Waals surface area (Å²) in [6, 6.07) is 6.91. The van der Waals surface area contributed by atoms with Crippen LogP contribution in [0.4, 0.5) is 0 Å². The number of carbonyl (C=O) groups is 5. The van der Waals surface area contributed by atoms with E-state index in [1.165, 1.54) is 11.9 Å². The molecule has 0 aromatic heterocycles. The summed E-state index contributed by atoms with van der Waals surface area (Å²) in [5.41, 5.74) is 0.888. The highest BCUT2D eigenvalue weighted by atomic mass is 16.2. The minimum atomic E-state index is -0.859. The molecule has 1 heterocycles. The average Bonchev–Trinajstić information content (AvgIpc) is 3.71. The van der Waals surface area contributed by atoms with Gasteiger partial charge in [0.1, 0.15) is 18.1 Å². The fourth-order valence-electron chi connectivity index (χ4n) is 4.40. The Bertz CT molecular complexity index is 994. The predicted molar refractivity (Wildman–Crippen MR) is 138 cm³/mol. The summed E-state index contributed by atoms with van der Waals surface area (Å²) in [6.07, 6.45) is 2.35. The molecule has 1 aliphatic heterocycles. The van der Waals surface area contributed by atoms with Crippen LogP contribution in [0.2, 0.25) is 0 Å². The van der Waals surface area contributed by atoms with Gasteiger partial charge in [-0.1, -0.05) is 44.2 Å². The summed E-state index contributed by atoms with van der Waals surface area (Å²) in [7, 11) is 1.49. The lowest BCUT2D eigenvalue weighted by molar-refractivity contribution is -0.144. The molecular weight excluding hydrogens is 474 g/mol. The molecule has 2 aliphatic rings. The molecule has 10 heteroatoms. The number of nitrogens with one attached hydrogen (secondary N) is 3. The van der Waals surface area contributed by atoms with E-state index in [1.54, 1.807) is 11.8 Å². The molecule has 1 aliphatic carbocycles. The number of nitrogens with zero attached hydrogens (tertiary/aromatic N) is 2. The van der Waals surface area contributed by atoms with Crippen LogP contribution in [-0.2, 0) is 30.4 Å². The van der Waals surface area contributed by atoms with E-state index in [4.69, 9.17) is 0 Å². The van der Waals surface area contributed by atoms with Gasteiger partial charge in [0.05, 0.1) is 6.54 Å². The normalized spacial score (nSPS) is 24.9. The van der Waals surface area contributed by atoms with Crippen LogP contribution >= 0.6 is 0 Å². The first-order chi connectivity index (χ1) is 17.6. The zero-order valence-electron chi connectivity index (χ0n) is 22.2. The Morgan fingerprint density at radius 2 is 1.70 bits per heavy atom. The zero-order valence-corrected chi connectivity index (χ0v) is 22.2. The van der Waals surface area contributed by atoms with Crippen molar-refractivity contribution in [1.82, 2.24) is 25.8 Å². The maximum atomic E-state index is 13.2. The number of likely N-dealkylation sites (N-methyl/N-ethyl adjacent to an activating group) is 1. The minimum Gasteiger partial charge on any atom is -0.354 e. The summed E-state index contributed by atoms with van der Waals surface area (Å²) >= 11 is 0. The maximum absolute atomic E-state index is 13.2. The highest BCUT2D eigenvalue weighted by molar-refractivity contribution is 5.94. The predicted octanol–water partition coefficient (Wildman–Crippen LogP) is 0.460. The summed E-state index contributed by atoms with van der Waals surface area (Å²) in [5.74, 6) is -2.04. The Hall–Kier alpha value is -3.43. The first-order valence-electron chi connectivity index (χ1n) is 13.0. The molecule has 1 saturated carbocycles. The van der Waals surface area contributed by atoms with Crippen LogP contribution < -0.4 is 16.0 Å². The molecule has 3 atom stereocenters. The third-order valence-corrected chi connectivity index (χ3v) is 6.85. The van der Waals surface area contributed by atoms with E-state index >= 15 is 0 Å². The summed E-state index contributed by atoms with van der Waals surface area (Å²) in [6.45, 7) is 5.60. The van der Waals surface area contributed by atoms with Crippen LogP contribution in [0.1, 0.15) is 45.6 Å². The number of carbonyl (C=O) groups excluding carboxylic acids is 5. The monoisotopic (exact) mass is 513 g/mol. The molecule has 0 bridgehead atoms. The van der Waals surface area contributed by atoms with Gasteiger partial charge in [-0.25, -0.2) is 0 Å². The van der Waals surface area contributed by atoms with Crippen molar-refractivity contribution in [2.75, 3.05) is 26.7 Å². The fourth-order valence-corrected chi connectivity index (χ4v) is 4.40. The Balaban J connectivity index is 1.84. The van der Waals surface area contributed by atoms with E-state index in [2.05, 4.69) is 16.0 Å². The molecule has 10 nitrogen and oxygen atoms in total. The molecule has 2 fully saturated rings. The van der Waals surface area contributed by atoms with Crippen molar-refractivity contribution >= 4 is 29.5 Å². The first kappa shape index (κ1) is 28.1. The second-order valence-electron chi connectivity index (χ2n) is 10.4. The first-order valence-corrected chi connectivity index (χ1v) is 13.0. The Labute approximate surface area is 218 Å². The van der Waals surface area contributed by atoms with E-state index in [9.17, 15) is 24.0 Å². The van der Waals surface area contributed by atoms with Crippen molar-refractivity contribution in [1.29, 1.82) is 0 Å². The van der Waals surface area contributed by atoms with Gasteiger partial charge >= 0.3 is 0 Å². The standard InChI is InChI=1S/C27H39N5O5/c1-17(2)23-27(37)31(4)16-22(33)29-21(15-19-9-6-5-7-10-19)25(35)28-13-8-14-32(18(3)24(34)30-23)26(36)20-11-12-20/h5-7,9-10,17-18,20-21,23H,8,11-16H2,1-4H3,(H,28,35)(H,29,33)(H,30,34)/t18-,21+,23+/m1/s1. The summed E-state index contributed by atoms with van der Waals surface area (Å²) < 4.78 is 0. The second-order valence-corrected chi connectivity index (χ2v) is 10.4. The van der Waals surface area contributed by atoms with E-state index in [-0.39, 0.29) is 36.7 Å². The molecule has 0 spiro atoms. The van der Waals surface area contributed by atoms with Crippen LogP contribution in [0, 0.1) is 11.8 Å². The topological polar surface area (TPSA) is 128 Å². The van der Waals surface area contributed by atoms with E-state index in [1.807, 2.05) is 44.2 Å². The van der Waals surface area contributed by atoms with Gasteiger partial charge in [-0.2, -0.15) is 0 Å². The van der Waals surface area contributed by atoms with Crippen LogP contribution in [-0.4, -0.2) is 84.1 Å². The van der Waals surface area contributed by atoms with E-state index < -0.39 is 35.8 Å². The molecule has 3 rings (SSSR count). The van der Waals surface area contributed by atoms with Crippen molar-refractivity contribution in [3.05, 3.63) is 35.9 Å². The van der Waals surface area contributed by atoms with Gasteiger partial charge in [0.15, 0.2) is 0 Å². The number of hydrogen-bond acceptors (Lipinski definition) is 5. The minimum absolute atomic E-state index is 0.0745. The fraction of sp³-hybridized carbons (Fsp3) is 0.593. The largest absolute Gasteiger partial charge is 0.354 e. The highest BCUT2D eigenvalue weighted by Crippen LogP contribution is 2.31. The summed E-state index contributed by atoms with van der Waals surface area (Å²) in [5, 5.41) is 8.43.